The second kappa shape index (κ2) is 6.92. The average Bonchev–Trinajstić information content (AvgIpc) is 2.62. The third kappa shape index (κ3) is 3.59. The van der Waals surface area contributed by atoms with Gasteiger partial charge in [-0.15, -0.1) is 0 Å². The third-order valence-corrected chi connectivity index (χ3v) is 4.53. The Morgan fingerprint density at radius 2 is 1.87 bits per heavy atom. The molecule has 3 rings (SSSR count). The maximum absolute atomic E-state index is 12.7. The van der Waals surface area contributed by atoms with Crippen LogP contribution in [0.5, 0.6) is 0 Å². The van der Waals surface area contributed by atoms with Gasteiger partial charge in [-0.25, -0.2) is 0 Å². The van der Waals surface area contributed by atoms with Crippen molar-refractivity contribution in [1.82, 2.24) is 9.88 Å². The first kappa shape index (κ1) is 15.7. The highest BCUT2D eigenvalue weighted by Gasteiger charge is 2.23. The lowest BCUT2D eigenvalue weighted by Crippen LogP contribution is -2.39. The first-order valence-corrected chi connectivity index (χ1v) is 8.09. The van der Waals surface area contributed by atoms with Crippen LogP contribution in [-0.4, -0.2) is 40.6 Å². The number of benzene rings is 1. The number of rotatable bonds is 3. The Morgan fingerprint density at radius 1 is 1.17 bits per heavy atom. The van der Waals surface area contributed by atoms with Crippen molar-refractivity contribution in [3.05, 3.63) is 53.9 Å². The Labute approximate surface area is 136 Å². The lowest BCUT2D eigenvalue weighted by Gasteiger charge is -2.31. The molecule has 1 aliphatic rings. The molecule has 0 radical (unpaired) electrons. The van der Waals surface area contributed by atoms with Crippen molar-refractivity contribution >= 4 is 5.91 Å². The molecule has 2 aromatic rings. The van der Waals surface area contributed by atoms with Crippen molar-refractivity contribution in [3.8, 4) is 11.1 Å². The molecule has 4 nitrogen and oxygen atoms in total. The Hall–Kier alpha value is -2.20. The van der Waals surface area contributed by atoms with E-state index < -0.39 is 0 Å². The maximum atomic E-state index is 12.7. The summed E-state index contributed by atoms with van der Waals surface area (Å²) in [6, 6.07) is 10.1. The molecule has 1 saturated heterocycles. The predicted octanol–water partition coefficient (Wildman–Crippen LogP) is 2.90. The van der Waals surface area contributed by atoms with Crippen LogP contribution in [0.4, 0.5) is 0 Å². The quantitative estimate of drug-likeness (QED) is 0.948. The number of carbonyl (C=O) groups is 1. The van der Waals surface area contributed by atoms with Crippen LogP contribution in [0.25, 0.3) is 11.1 Å². The predicted molar refractivity (Wildman–Crippen MR) is 90.1 cm³/mol. The Kier molecular flexibility index (Phi) is 4.72. The van der Waals surface area contributed by atoms with E-state index in [1.54, 1.807) is 12.4 Å². The van der Waals surface area contributed by atoms with Crippen LogP contribution >= 0.6 is 0 Å². The van der Waals surface area contributed by atoms with E-state index in [4.69, 9.17) is 0 Å². The molecule has 0 bridgehead atoms. The molecule has 1 N–H and O–H groups in total. The number of aliphatic hydroxyl groups excluding tert-OH is 1. The molecule has 0 unspecified atom stereocenters. The van der Waals surface area contributed by atoms with E-state index in [0.717, 1.165) is 24.0 Å². The summed E-state index contributed by atoms with van der Waals surface area (Å²) in [5.74, 6) is 0.360. The van der Waals surface area contributed by atoms with E-state index >= 15 is 0 Å². The van der Waals surface area contributed by atoms with Crippen molar-refractivity contribution in [2.75, 3.05) is 19.7 Å². The van der Waals surface area contributed by atoms with Crippen LogP contribution in [0.3, 0.4) is 0 Å². The van der Waals surface area contributed by atoms with Gasteiger partial charge in [-0.05, 0) is 37.3 Å². The van der Waals surface area contributed by atoms with Crippen LogP contribution in [0.1, 0.15) is 28.8 Å². The van der Waals surface area contributed by atoms with Crippen LogP contribution in [0, 0.1) is 12.8 Å². The first-order chi connectivity index (χ1) is 11.2. The molecule has 0 atom stereocenters. The molecule has 1 aromatic carbocycles. The van der Waals surface area contributed by atoms with Crippen LogP contribution in [0.15, 0.2) is 42.7 Å². The van der Waals surface area contributed by atoms with Gasteiger partial charge in [0, 0.05) is 37.7 Å². The number of aromatic nitrogens is 1. The number of nitrogens with zero attached hydrogens (tertiary/aromatic N) is 2. The molecule has 1 fully saturated rings. The van der Waals surface area contributed by atoms with Crippen molar-refractivity contribution in [2.45, 2.75) is 19.8 Å². The first-order valence-electron chi connectivity index (χ1n) is 8.09. The summed E-state index contributed by atoms with van der Waals surface area (Å²) >= 11 is 0. The summed E-state index contributed by atoms with van der Waals surface area (Å²) < 4.78 is 0. The molecular formula is C19H22N2O2. The van der Waals surface area contributed by atoms with Gasteiger partial charge in [0.15, 0.2) is 0 Å². The lowest BCUT2D eigenvalue weighted by atomic mass is 9.97. The molecule has 1 amide bonds. The zero-order valence-electron chi connectivity index (χ0n) is 13.4. The van der Waals surface area contributed by atoms with Gasteiger partial charge in [0.2, 0.25) is 0 Å². The summed E-state index contributed by atoms with van der Waals surface area (Å²) in [5, 5.41) is 9.20. The highest BCUT2D eigenvalue weighted by molar-refractivity contribution is 5.95. The van der Waals surface area contributed by atoms with E-state index in [9.17, 15) is 9.90 Å². The molecule has 2 heterocycles. The van der Waals surface area contributed by atoms with Crippen LogP contribution in [-0.2, 0) is 0 Å². The van der Waals surface area contributed by atoms with E-state index in [1.165, 1.54) is 5.56 Å². The summed E-state index contributed by atoms with van der Waals surface area (Å²) in [6.07, 6.45) is 5.16. The third-order valence-electron chi connectivity index (χ3n) is 4.53. The van der Waals surface area contributed by atoms with Crippen LogP contribution < -0.4 is 0 Å². The fourth-order valence-electron chi connectivity index (χ4n) is 2.96. The average molecular weight is 310 g/mol. The highest BCUT2D eigenvalue weighted by atomic mass is 16.3. The molecule has 23 heavy (non-hydrogen) atoms. The Bertz CT molecular complexity index is 674. The molecule has 4 heteroatoms. The zero-order valence-corrected chi connectivity index (χ0v) is 13.4. The number of amides is 1. The largest absolute Gasteiger partial charge is 0.396 e. The van der Waals surface area contributed by atoms with E-state index in [0.29, 0.717) is 24.6 Å². The van der Waals surface area contributed by atoms with Crippen molar-refractivity contribution in [1.29, 1.82) is 0 Å². The second-order valence-electron chi connectivity index (χ2n) is 6.25. The van der Waals surface area contributed by atoms with E-state index in [2.05, 4.69) is 24.0 Å². The number of likely N-dealkylation sites (tertiary alicyclic amines) is 1. The number of aliphatic hydroxyl groups is 1. The van der Waals surface area contributed by atoms with E-state index in [-0.39, 0.29) is 12.5 Å². The molecule has 120 valence electrons. The number of carbonyl (C=O) groups excluding carboxylic acids is 1. The second-order valence-corrected chi connectivity index (χ2v) is 6.25. The Balaban J connectivity index is 1.77. The molecule has 1 aromatic heterocycles. The van der Waals surface area contributed by atoms with Crippen molar-refractivity contribution in [2.24, 2.45) is 5.92 Å². The standard InChI is InChI=1S/C19H22N2O2/c1-14-2-4-16(5-3-14)17-10-18(12-20-11-17)19(23)21-8-6-15(13-22)7-9-21/h2-5,10-12,15,22H,6-9,13H2,1H3. The molecule has 0 aliphatic carbocycles. The van der Waals surface area contributed by atoms with Gasteiger partial charge in [0.1, 0.15) is 0 Å². The van der Waals surface area contributed by atoms with Gasteiger partial charge < -0.3 is 10.0 Å². The van der Waals surface area contributed by atoms with Gasteiger partial charge in [0.25, 0.3) is 5.91 Å². The zero-order chi connectivity index (χ0) is 16.2. The molecule has 0 saturated carbocycles. The monoisotopic (exact) mass is 310 g/mol. The van der Waals surface area contributed by atoms with Gasteiger partial charge in [-0.3, -0.25) is 9.78 Å². The minimum absolute atomic E-state index is 0.0304. The van der Waals surface area contributed by atoms with Crippen LogP contribution in [0.2, 0.25) is 0 Å². The summed E-state index contributed by atoms with van der Waals surface area (Å²) in [4.78, 5) is 18.8. The van der Waals surface area contributed by atoms with Gasteiger partial charge in [-0.1, -0.05) is 29.8 Å². The minimum Gasteiger partial charge on any atom is -0.396 e. The fourth-order valence-corrected chi connectivity index (χ4v) is 2.96. The van der Waals surface area contributed by atoms with Gasteiger partial charge >= 0.3 is 0 Å². The highest BCUT2D eigenvalue weighted by Crippen LogP contribution is 2.22. The number of pyridine rings is 1. The summed E-state index contributed by atoms with van der Waals surface area (Å²) in [5.41, 5.74) is 3.86. The van der Waals surface area contributed by atoms with Gasteiger partial charge in [-0.2, -0.15) is 0 Å². The lowest BCUT2D eigenvalue weighted by molar-refractivity contribution is 0.0650. The fraction of sp³-hybridized carbons (Fsp3) is 0.368. The molecule has 1 aliphatic heterocycles. The van der Waals surface area contributed by atoms with Crippen molar-refractivity contribution in [3.63, 3.8) is 0 Å². The SMILES string of the molecule is Cc1ccc(-c2cncc(C(=O)N3CCC(CO)CC3)c2)cc1. The minimum atomic E-state index is 0.0304. The Morgan fingerprint density at radius 3 is 2.52 bits per heavy atom. The number of piperidine rings is 1. The summed E-state index contributed by atoms with van der Waals surface area (Å²) in [7, 11) is 0. The smallest absolute Gasteiger partial charge is 0.255 e. The summed E-state index contributed by atoms with van der Waals surface area (Å²) in [6.45, 7) is 3.68. The number of hydrogen-bond donors (Lipinski definition) is 1. The number of aryl methyl sites for hydroxylation is 1. The maximum Gasteiger partial charge on any atom is 0.255 e. The number of hydrogen-bond acceptors (Lipinski definition) is 3. The normalized spacial score (nSPS) is 15.7. The van der Waals surface area contributed by atoms with Crippen molar-refractivity contribution < 1.29 is 9.90 Å². The molecular weight excluding hydrogens is 288 g/mol. The van der Waals surface area contributed by atoms with Gasteiger partial charge in [0.05, 0.1) is 5.56 Å². The molecule has 0 spiro atoms. The topological polar surface area (TPSA) is 53.4 Å². The van der Waals surface area contributed by atoms with E-state index in [1.807, 2.05) is 23.1 Å².